The van der Waals surface area contributed by atoms with Gasteiger partial charge in [-0.25, -0.2) is 4.79 Å². The molecule has 37 heavy (non-hydrogen) atoms. The van der Waals surface area contributed by atoms with E-state index in [4.69, 9.17) is 9.47 Å². The predicted octanol–water partition coefficient (Wildman–Crippen LogP) is 2.73. The third kappa shape index (κ3) is 9.51. The van der Waals surface area contributed by atoms with Gasteiger partial charge in [0.15, 0.2) is 0 Å². The van der Waals surface area contributed by atoms with Crippen molar-refractivity contribution in [2.45, 2.75) is 97.2 Å². The number of nitrogens with one attached hydrogen (secondary N) is 2. The second-order valence-corrected chi connectivity index (χ2v) is 10.8. The van der Waals surface area contributed by atoms with Crippen LogP contribution in [0.4, 0.5) is 4.79 Å². The normalized spacial score (nSPS) is 19.2. The summed E-state index contributed by atoms with van der Waals surface area (Å²) in [6.07, 6.45) is 0.125. The van der Waals surface area contributed by atoms with E-state index < -0.39 is 60.1 Å². The number of rotatable bonds is 11. The first-order valence-electron chi connectivity index (χ1n) is 12.6. The Labute approximate surface area is 218 Å². The molecule has 2 rings (SSSR count). The number of hydrogen-bond donors (Lipinski definition) is 2. The van der Waals surface area contributed by atoms with Crippen LogP contribution in [0.1, 0.15) is 66.4 Å². The van der Waals surface area contributed by atoms with Gasteiger partial charge >= 0.3 is 12.1 Å². The van der Waals surface area contributed by atoms with E-state index in [9.17, 15) is 24.0 Å². The molecule has 1 aliphatic rings. The van der Waals surface area contributed by atoms with Crippen LogP contribution in [0.5, 0.6) is 0 Å². The Morgan fingerprint density at radius 2 is 1.81 bits per heavy atom. The van der Waals surface area contributed by atoms with Gasteiger partial charge in [0.25, 0.3) is 0 Å². The fourth-order valence-corrected chi connectivity index (χ4v) is 4.23. The highest BCUT2D eigenvalue weighted by Crippen LogP contribution is 2.25. The molecule has 0 aliphatic carbocycles. The van der Waals surface area contributed by atoms with Gasteiger partial charge in [-0.1, -0.05) is 44.2 Å². The Bertz CT molecular complexity index is 958. The molecule has 0 saturated carbocycles. The number of likely N-dealkylation sites (tertiary alicyclic amines) is 1. The lowest BCUT2D eigenvalue weighted by atomic mass is 10.0. The molecule has 0 aromatic heterocycles. The summed E-state index contributed by atoms with van der Waals surface area (Å²) >= 11 is 0. The molecule has 1 fully saturated rings. The maximum Gasteiger partial charge on any atom is 0.408 e. The van der Waals surface area contributed by atoms with Crippen molar-refractivity contribution >= 4 is 30.2 Å². The molecule has 1 aliphatic heterocycles. The van der Waals surface area contributed by atoms with Crippen LogP contribution in [0.3, 0.4) is 0 Å². The van der Waals surface area contributed by atoms with Crippen molar-refractivity contribution in [2.75, 3.05) is 0 Å². The van der Waals surface area contributed by atoms with Crippen LogP contribution in [0.25, 0.3) is 0 Å². The maximum absolute atomic E-state index is 13.3. The summed E-state index contributed by atoms with van der Waals surface area (Å²) in [5.41, 5.74) is 0.0135. The van der Waals surface area contributed by atoms with E-state index in [0.29, 0.717) is 12.7 Å². The lowest BCUT2D eigenvalue weighted by Crippen LogP contribution is -2.55. The van der Waals surface area contributed by atoms with E-state index in [1.807, 2.05) is 44.2 Å². The van der Waals surface area contributed by atoms with Crippen molar-refractivity contribution in [1.82, 2.24) is 15.5 Å². The van der Waals surface area contributed by atoms with Crippen LogP contribution in [0, 0.1) is 5.92 Å². The minimum Gasteiger partial charge on any atom is -0.460 e. The summed E-state index contributed by atoms with van der Waals surface area (Å²) in [6, 6.07) is 5.75. The number of esters is 1. The first-order chi connectivity index (χ1) is 17.3. The number of aldehydes is 1. The van der Waals surface area contributed by atoms with Crippen LogP contribution in [0.15, 0.2) is 30.3 Å². The highest BCUT2D eigenvalue weighted by Gasteiger charge is 2.45. The first-order valence-corrected chi connectivity index (χ1v) is 12.6. The average Bonchev–Trinajstić information content (AvgIpc) is 3.07. The van der Waals surface area contributed by atoms with Crippen LogP contribution in [0.2, 0.25) is 0 Å². The molecule has 1 aromatic rings. The Kier molecular flexibility index (Phi) is 10.6. The molecule has 0 spiro atoms. The van der Waals surface area contributed by atoms with Crippen molar-refractivity contribution in [1.29, 1.82) is 0 Å². The fourth-order valence-electron chi connectivity index (χ4n) is 4.23. The molecule has 1 aromatic carbocycles. The molecule has 4 atom stereocenters. The summed E-state index contributed by atoms with van der Waals surface area (Å²) in [4.78, 5) is 64.5. The standard InChI is InChI=1S/C27H39N3O7/c1-17(2)12-20(15-31)28-24(33)22(14-23(32)37-27(4,5)6)30-18(3)13-21(25(30)34)29-26(35)36-16-19-10-8-7-9-11-19/h7-11,15,17-18,20-22H,12-14,16H2,1-6H3,(H,28,33)(H,29,35)/t18?,20-,21-,22-/m0/s1. The third-order valence-corrected chi connectivity index (χ3v) is 5.74. The monoisotopic (exact) mass is 517 g/mol. The van der Waals surface area contributed by atoms with Crippen molar-refractivity contribution in [3.8, 4) is 0 Å². The SMILES string of the molecule is CC(C)C[C@@H](C=O)NC(=O)[C@H](CC(=O)OC(C)(C)C)N1C(=O)[C@@H](NC(=O)OCc2ccccc2)CC1C. The van der Waals surface area contributed by atoms with E-state index >= 15 is 0 Å². The van der Waals surface area contributed by atoms with E-state index in [1.165, 1.54) is 4.90 Å². The van der Waals surface area contributed by atoms with E-state index in [-0.39, 0.29) is 18.9 Å². The molecule has 204 valence electrons. The molecule has 2 N–H and O–H groups in total. The van der Waals surface area contributed by atoms with Gasteiger partial charge in [0.2, 0.25) is 11.8 Å². The second kappa shape index (κ2) is 13.2. The Morgan fingerprint density at radius 1 is 1.16 bits per heavy atom. The Balaban J connectivity index is 2.15. The summed E-state index contributed by atoms with van der Waals surface area (Å²) in [5, 5.41) is 5.22. The zero-order chi connectivity index (χ0) is 27.8. The summed E-state index contributed by atoms with van der Waals surface area (Å²) in [6.45, 7) is 10.7. The van der Waals surface area contributed by atoms with Gasteiger partial charge in [-0.05, 0) is 52.0 Å². The van der Waals surface area contributed by atoms with Crippen LogP contribution in [-0.4, -0.2) is 64.8 Å². The Morgan fingerprint density at radius 3 is 2.38 bits per heavy atom. The van der Waals surface area contributed by atoms with Crippen molar-refractivity contribution in [2.24, 2.45) is 5.92 Å². The lowest BCUT2D eigenvalue weighted by molar-refractivity contribution is -0.159. The first kappa shape index (κ1) is 29.8. The quantitative estimate of drug-likeness (QED) is 0.341. The molecule has 1 unspecified atom stereocenters. The maximum atomic E-state index is 13.3. The van der Waals surface area contributed by atoms with Gasteiger partial charge in [-0.2, -0.15) is 0 Å². The predicted molar refractivity (Wildman–Crippen MR) is 136 cm³/mol. The largest absolute Gasteiger partial charge is 0.460 e. The summed E-state index contributed by atoms with van der Waals surface area (Å²) in [7, 11) is 0. The molecule has 3 amide bonds. The molecule has 1 saturated heterocycles. The van der Waals surface area contributed by atoms with Crippen molar-refractivity contribution < 1.29 is 33.4 Å². The summed E-state index contributed by atoms with van der Waals surface area (Å²) < 4.78 is 10.6. The molecular formula is C27H39N3O7. The Hall–Kier alpha value is -3.43. The van der Waals surface area contributed by atoms with Crippen LogP contribution >= 0.6 is 0 Å². The molecule has 10 heteroatoms. The molecule has 10 nitrogen and oxygen atoms in total. The highest BCUT2D eigenvalue weighted by molar-refractivity contribution is 5.95. The molecular weight excluding hydrogens is 478 g/mol. The number of alkyl carbamates (subject to hydrolysis) is 1. The number of ether oxygens (including phenoxy) is 2. The topological polar surface area (TPSA) is 131 Å². The number of hydrogen-bond acceptors (Lipinski definition) is 7. The van der Waals surface area contributed by atoms with Crippen LogP contribution in [-0.2, 0) is 35.3 Å². The molecule has 0 radical (unpaired) electrons. The van der Waals surface area contributed by atoms with Crippen molar-refractivity contribution in [3.63, 3.8) is 0 Å². The van der Waals surface area contributed by atoms with Gasteiger partial charge in [-0.15, -0.1) is 0 Å². The van der Waals surface area contributed by atoms with Gasteiger partial charge in [-0.3, -0.25) is 14.4 Å². The number of amides is 3. The zero-order valence-electron chi connectivity index (χ0n) is 22.5. The number of carbonyl (C=O) groups is 5. The fraction of sp³-hybridized carbons (Fsp3) is 0.593. The average molecular weight is 518 g/mol. The van der Waals surface area contributed by atoms with Gasteiger partial charge in [0.1, 0.15) is 30.6 Å². The number of carbonyl (C=O) groups excluding carboxylic acids is 5. The minimum absolute atomic E-state index is 0.0411. The van der Waals surface area contributed by atoms with Gasteiger partial charge < -0.3 is 29.8 Å². The van der Waals surface area contributed by atoms with E-state index in [1.54, 1.807) is 27.7 Å². The highest BCUT2D eigenvalue weighted by atomic mass is 16.6. The molecule has 1 heterocycles. The smallest absolute Gasteiger partial charge is 0.408 e. The summed E-state index contributed by atoms with van der Waals surface area (Å²) in [5.74, 6) is -1.66. The van der Waals surface area contributed by atoms with Gasteiger partial charge in [0.05, 0.1) is 12.5 Å². The minimum atomic E-state index is -1.21. The van der Waals surface area contributed by atoms with Crippen molar-refractivity contribution in [3.05, 3.63) is 35.9 Å². The molecule has 0 bridgehead atoms. The van der Waals surface area contributed by atoms with E-state index in [0.717, 1.165) is 5.56 Å². The van der Waals surface area contributed by atoms with Gasteiger partial charge in [0, 0.05) is 6.04 Å². The number of nitrogens with zero attached hydrogens (tertiary/aromatic N) is 1. The third-order valence-electron chi connectivity index (χ3n) is 5.74. The second-order valence-electron chi connectivity index (χ2n) is 10.8. The number of benzene rings is 1. The lowest BCUT2D eigenvalue weighted by Gasteiger charge is -2.32. The zero-order valence-corrected chi connectivity index (χ0v) is 22.5. The van der Waals surface area contributed by atoms with E-state index in [2.05, 4.69) is 10.6 Å². The van der Waals surface area contributed by atoms with Crippen LogP contribution < -0.4 is 10.6 Å².